The maximum Gasteiger partial charge on any atom is 0.191 e. The lowest BCUT2D eigenvalue weighted by Gasteiger charge is -2.18. The molecule has 2 N–H and O–H groups in total. The fourth-order valence-corrected chi connectivity index (χ4v) is 3.53. The molecule has 0 fully saturated rings. The molecular weight excluding hydrogens is 469 g/mol. The first-order valence-electron chi connectivity index (χ1n) is 9.16. The van der Waals surface area contributed by atoms with Crippen LogP contribution in [0.25, 0.3) is 0 Å². The van der Waals surface area contributed by atoms with Gasteiger partial charge in [-0.15, -0.1) is 35.3 Å². The van der Waals surface area contributed by atoms with Gasteiger partial charge in [-0.25, -0.2) is 9.98 Å². The van der Waals surface area contributed by atoms with Crippen LogP contribution in [-0.2, 0) is 13.0 Å². The molecule has 0 radical (unpaired) electrons. The van der Waals surface area contributed by atoms with E-state index in [0.29, 0.717) is 6.54 Å². The van der Waals surface area contributed by atoms with Gasteiger partial charge < -0.3 is 15.5 Å². The van der Waals surface area contributed by atoms with Gasteiger partial charge in [0.25, 0.3) is 0 Å². The van der Waals surface area contributed by atoms with Crippen molar-refractivity contribution in [2.45, 2.75) is 26.8 Å². The summed E-state index contributed by atoms with van der Waals surface area (Å²) < 4.78 is 0. The number of nitrogens with zero attached hydrogens (tertiary/aromatic N) is 3. The Bertz CT molecular complexity index is 763. The molecule has 146 valence electrons. The lowest BCUT2D eigenvalue weighted by atomic mass is 10.2. The zero-order valence-electron chi connectivity index (χ0n) is 15.9. The molecule has 0 spiro atoms. The van der Waals surface area contributed by atoms with Gasteiger partial charge in [0.05, 0.1) is 17.2 Å². The van der Waals surface area contributed by atoms with E-state index in [9.17, 15) is 0 Å². The fourth-order valence-electron chi connectivity index (χ4n) is 2.88. The first-order valence-corrected chi connectivity index (χ1v) is 10.0. The van der Waals surface area contributed by atoms with Gasteiger partial charge in [0.15, 0.2) is 5.96 Å². The van der Waals surface area contributed by atoms with Gasteiger partial charge in [-0.1, -0.05) is 24.3 Å². The fraction of sp³-hybridized carbons (Fsp3) is 0.400. The average Bonchev–Trinajstić information content (AvgIpc) is 3.32. The van der Waals surface area contributed by atoms with Crippen LogP contribution in [0.4, 0.5) is 5.69 Å². The highest BCUT2D eigenvalue weighted by Crippen LogP contribution is 2.18. The number of thiazole rings is 1. The van der Waals surface area contributed by atoms with E-state index in [1.54, 1.807) is 11.3 Å². The highest BCUT2D eigenvalue weighted by atomic mass is 127. The molecule has 0 atom stereocenters. The van der Waals surface area contributed by atoms with Crippen molar-refractivity contribution in [3.05, 3.63) is 58.1 Å². The van der Waals surface area contributed by atoms with Gasteiger partial charge >= 0.3 is 0 Å². The molecule has 2 aromatic rings. The number of anilines is 1. The number of rotatable bonds is 7. The smallest absolute Gasteiger partial charge is 0.191 e. The Morgan fingerprint density at radius 3 is 2.78 bits per heavy atom. The number of halogens is 1. The Morgan fingerprint density at radius 2 is 2.07 bits per heavy atom. The number of aromatic nitrogens is 1. The first-order chi connectivity index (χ1) is 12.7. The predicted octanol–water partition coefficient (Wildman–Crippen LogP) is 3.74. The van der Waals surface area contributed by atoms with E-state index < -0.39 is 0 Å². The number of guanidine groups is 1. The third kappa shape index (κ3) is 6.80. The molecule has 7 heteroatoms. The van der Waals surface area contributed by atoms with Gasteiger partial charge in [-0.2, -0.15) is 0 Å². The molecule has 0 unspecified atom stereocenters. The Labute approximate surface area is 183 Å². The highest BCUT2D eigenvalue weighted by Gasteiger charge is 2.08. The van der Waals surface area contributed by atoms with Crippen LogP contribution in [0.1, 0.15) is 23.2 Å². The quantitative estimate of drug-likeness (QED) is 0.265. The third-order valence-corrected chi connectivity index (χ3v) is 5.02. The topological polar surface area (TPSA) is 52.6 Å². The van der Waals surface area contributed by atoms with Gasteiger partial charge in [0.1, 0.15) is 0 Å². The predicted molar refractivity (Wildman–Crippen MR) is 127 cm³/mol. The Hall–Kier alpha value is -1.61. The van der Waals surface area contributed by atoms with Crippen molar-refractivity contribution in [1.82, 2.24) is 15.6 Å². The van der Waals surface area contributed by atoms with Crippen LogP contribution in [-0.4, -0.2) is 37.1 Å². The van der Waals surface area contributed by atoms with Crippen LogP contribution in [0, 0.1) is 6.92 Å². The molecule has 1 aliphatic heterocycles. The molecule has 2 heterocycles. The maximum atomic E-state index is 4.73. The molecule has 5 nitrogen and oxygen atoms in total. The van der Waals surface area contributed by atoms with Gasteiger partial charge in [-0.3, -0.25) is 0 Å². The van der Waals surface area contributed by atoms with Crippen molar-refractivity contribution >= 4 is 47.0 Å². The van der Waals surface area contributed by atoms with Crippen LogP contribution < -0.4 is 15.5 Å². The zero-order valence-corrected chi connectivity index (χ0v) is 19.1. The van der Waals surface area contributed by atoms with Crippen LogP contribution in [0.2, 0.25) is 0 Å². The minimum Gasteiger partial charge on any atom is -0.364 e. The molecular formula is C20H28IN5S. The second-order valence-corrected chi connectivity index (χ2v) is 7.34. The number of hydrogen-bond acceptors (Lipinski definition) is 4. The second-order valence-electron chi connectivity index (χ2n) is 6.28. The molecule has 27 heavy (non-hydrogen) atoms. The van der Waals surface area contributed by atoms with Crippen LogP contribution in [0.5, 0.6) is 0 Å². The van der Waals surface area contributed by atoms with Crippen molar-refractivity contribution in [2.24, 2.45) is 4.99 Å². The maximum absolute atomic E-state index is 4.73. The zero-order chi connectivity index (χ0) is 18.2. The highest BCUT2D eigenvalue weighted by molar-refractivity contribution is 14.0. The number of aliphatic imine (C=N–C) groups is 1. The Morgan fingerprint density at radius 1 is 1.26 bits per heavy atom. The Balaban J connectivity index is 0.00000261. The van der Waals surface area contributed by atoms with E-state index in [1.807, 2.05) is 6.92 Å². The van der Waals surface area contributed by atoms with E-state index in [2.05, 4.69) is 69.2 Å². The second kappa shape index (κ2) is 11.3. The van der Waals surface area contributed by atoms with E-state index in [-0.39, 0.29) is 24.0 Å². The molecule has 0 aliphatic carbocycles. The monoisotopic (exact) mass is 497 g/mol. The van der Waals surface area contributed by atoms with E-state index in [4.69, 9.17) is 4.99 Å². The van der Waals surface area contributed by atoms with E-state index in [1.165, 1.54) is 11.3 Å². The van der Waals surface area contributed by atoms with Gasteiger partial charge in [0.2, 0.25) is 0 Å². The number of nitrogens with one attached hydrogen (secondary N) is 2. The van der Waals surface area contributed by atoms with Crippen molar-refractivity contribution in [1.29, 1.82) is 0 Å². The van der Waals surface area contributed by atoms with Gasteiger partial charge in [-0.05, 0) is 31.5 Å². The summed E-state index contributed by atoms with van der Waals surface area (Å²) in [7, 11) is 0. The summed E-state index contributed by atoms with van der Waals surface area (Å²) in [5, 5.41) is 9.96. The lowest BCUT2D eigenvalue weighted by molar-refractivity contribution is 0.790. The minimum absolute atomic E-state index is 0. The molecule has 3 rings (SSSR count). The summed E-state index contributed by atoms with van der Waals surface area (Å²) in [6, 6.07) is 8.65. The van der Waals surface area contributed by atoms with Gasteiger partial charge in [0, 0.05) is 43.7 Å². The third-order valence-electron chi connectivity index (χ3n) is 4.20. The molecule has 0 amide bonds. The summed E-state index contributed by atoms with van der Waals surface area (Å²) in [4.78, 5) is 11.6. The molecule has 0 saturated heterocycles. The molecule has 0 saturated carbocycles. The van der Waals surface area contributed by atoms with Crippen molar-refractivity contribution in [3.8, 4) is 0 Å². The number of hydrogen-bond donors (Lipinski definition) is 2. The summed E-state index contributed by atoms with van der Waals surface area (Å²) in [5.74, 6) is 0.854. The molecule has 1 aromatic heterocycles. The SMILES string of the molecule is CCNC(=NCc1cccc(N2CC=CC2)c1)NCCc1csc(C)n1.I. The summed E-state index contributed by atoms with van der Waals surface area (Å²) >= 11 is 1.70. The van der Waals surface area contributed by atoms with E-state index >= 15 is 0 Å². The summed E-state index contributed by atoms with van der Waals surface area (Å²) in [6.45, 7) is 8.46. The summed E-state index contributed by atoms with van der Waals surface area (Å²) in [6.07, 6.45) is 5.33. The molecule has 1 aliphatic rings. The molecule has 0 bridgehead atoms. The van der Waals surface area contributed by atoms with Crippen LogP contribution in [0.3, 0.4) is 0 Å². The minimum atomic E-state index is 0. The summed E-state index contributed by atoms with van der Waals surface area (Å²) in [5.41, 5.74) is 3.63. The molecule has 1 aromatic carbocycles. The number of aryl methyl sites for hydroxylation is 1. The lowest BCUT2D eigenvalue weighted by Crippen LogP contribution is -2.38. The van der Waals surface area contributed by atoms with E-state index in [0.717, 1.165) is 49.3 Å². The number of benzene rings is 1. The largest absolute Gasteiger partial charge is 0.364 e. The van der Waals surface area contributed by atoms with Crippen molar-refractivity contribution in [3.63, 3.8) is 0 Å². The van der Waals surface area contributed by atoms with Crippen molar-refractivity contribution in [2.75, 3.05) is 31.1 Å². The average molecular weight is 497 g/mol. The first kappa shape index (κ1) is 21.7. The van der Waals surface area contributed by atoms with Crippen LogP contribution in [0.15, 0.2) is 46.8 Å². The van der Waals surface area contributed by atoms with Crippen LogP contribution >= 0.6 is 35.3 Å². The standard InChI is InChI=1S/C20H27N5S.HI/c1-3-21-20(22-10-9-18-15-26-16(2)24-18)23-14-17-7-6-8-19(13-17)25-11-4-5-12-25;/h4-8,13,15H,3,9-12,14H2,1-2H3,(H2,21,22,23);1H. The van der Waals surface area contributed by atoms with Crippen molar-refractivity contribution < 1.29 is 0 Å². The Kier molecular flexibility index (Phi) is 9.06. The normalized spacial score (nSPS) is 13.6.